The number of rotatable bonds is 10. The van der Waals surface area contributed by atoms with Crippen molar-refractivity contribution < 1.29 is 14.7 Å². The summed E-state index contributed by atoms with van der Waals surface area (Å²) >= 11 is 0. The van der Waals surface area contributed by atoms with Gasteiger partial charge in [0.05, 0.1) is 17.1 Å². The molecule has 41 heavy (non-hydrogen) atoms. The van der Waals surface area contributed by atoms with Gasteiger partial charge >= 0.3 is 0 Å². The molecular weight excluding hydrogens is 512 g/mol. The number of aliphatic hydroxyl groups is 1. The van der Waals surface area contributed by atoms with Crippen LogP contribution in [0.25, 0.3) is 22.5 Å². The molecule has 7 heteroatoms. The van der Waals surface area contributed by atoms with Crippen molar-refractivity contribution in [3.63, 3.8) is 0 Å². The molecule has 0 bridgehead atoms. The molecule has 0 aliphatic carbocycles. The fraction of sp³-hybridized carbons (Fsp3) is 0.294. The summed E-state index contributed by atoms with van der Waals surface area (Å²) in [4.78, 5) is 37.0. The van der Waals surface area contributed by atoms with E-state index in [0.29, 0.717) is 30.2 Å². The molecule has 4 aromatic rings. The third-order valence-corrected chi connectivity index (χ3v) is 7.38. The molecule has 0 radical (unpaired) electrons. The Balaban J connectivity index is 1.30. The number of fused-ring (bicyclic) bond motifs is 1. The van der Waals surface area contributed by atoms with Crippen molar-refractivity contribution >= 4 is 23.3 Å². The van der Waals surface area contributed by atoms with E-state index in [9.17, 15) is 14.7 Å². The van der Waals surface area contributed by atoms with Crippen LogP contribution in [-0.4, -0.2) is 39.5 Å². The van der Waals surface area contributed by atoms with Crippen molar-refractivity contribution in [3.05, 3.63) is 95.7 Å². The summed E-state index contributed by atoms with van der Waals surface area (Å²) in [5, 5.41) is 13.5. The molecule has 0 saturated heterocycles. The Labute approximate surface area is 241 Å². The van der Waals surface area contributed by atoms with Gasteiger partial charge in [-0.15, -0.1) is 0 Å². The van der Waals surface area contributed by atoms with Gasteiger partial charge in [0, 0.05) is 36.2 Å². The van der Waals surface area contributed by atoms with Gasteiger partial charge in [0.15, 0.2) is 5.82 Å². The number of nitrogens with zero attached hydrogens (tertiary/aromatic N) is 3. The van der Waals surface area contributed by atoms with E-state index < -0.39 is 6.10 Å². The fourth-order valence-electron chi connectivity index (χ4n) is 5.06. The Morgan fingerprint density at radius 1 is 0.829 bits per heavy atom. The van der Waals surface area contributed by atoms with Crippen LogP contribution in [0.3, 0.4) is 0 Å². The summed E-state index contributed by atoms with van der Waals surface area (Å²) in [5.74, 6) is 0.184. The number of aliphatic hydroxyl groups excluding tert-OH is 1. The molecule has 1 aliphatic rings. The Morgan fingerprint density at radius 3 is 2.05 bits per heavy atom. The summed E-state index contributed by atoms with van der Waals surface area (Å²) in [6.07, 6.45) is 2.67. The highest BCUT2D eigenvalue weighted by Crippen LogP contribution is 2.35. The lowest BCUT2D eigenvalue weighted by atomic mass is 10.00. The first-order chi connectivity index (χ1) is 19.9. The minimum Gasteiger partial charge on any atom is -0.383 e. The molecule has 0 fully saturated rings. The van der Waals surface area contributed by atoms with Gasteiger partial charge in [-0.1, -0.05) is 90.7 Å². The van der Waals surface area contributed by atoms with Crippen LogP contribution in [0.15, 0.2) is 78.9 Å². The highest BCUT2D eigenvalue weighted by molar-refractivity contribution is 5.99. The number of amides is 2. The monoisotopic (exact) mass is 548 g/mol. The lowest BCUT2D eigenvalue weighted by Gasteiger charge is -2.31. The molecule has 2 N–H and O–H groups in total. The largest absolute Gasteiger partial charge is 0.383 e. The number of hydrogen-bond donors (Lipinski definition) is 2. The van der Waals surface area contributed by atoms with E-state index in [1.807, 2.05) is 92.7 Å². The number of hydrogen-bond acceptors (Lipinski definition) is 5. The number of anilines is 2. The molecular formula is C34H36N4O3. The van der Waals surface area contributed by atoms with Crippen LogP contribution < -0.4 is 10.2 Å². The van der Waals surface area contributed by atoms with Crippen molar-refractivity contribution in [2.24, 2.45) is 0 Å². The zero-order valence-electron chi connectivity index (χ0n) is 23.6. The maximum atomic E-state index is 13.1. The summed E-state index contributed by atoms with van der Waals surface area (Å²) in [6, 6.07) is 25.8. The molecule has 0 spiro atoms. The predicted octanol–water partition coefficient (Wildman–Crippen LogP) is 6.27. The molecule has 0 saturated carbocycles. The molecule has 1 unspecified atom stereocenters. The standard InChI is InChI=1S/C34H36N4O3/c1-23-13-17-25(18-14-23)31-32(26-19-15-24(2)16-20-26)37-33-28(36-31)22-29(39)34(41)38(33)21-9-4-3-8-12-30(40)35-27-10-6-5-7-11-27/h5-7,10-11,13-20,29,39H,3-4,8-9,12,21-22H2,1-2H3,(H,35,40). The van der Waals surface area contributed by atoms with E-state index in [1.54, 1.807) is 4.90 Å². The van der Waals surface area contributed by atoms with Gasteiger partial charge in [0.25, 0.3) is 5.91 Å². The van der Waals surface area contributed by atoms with Crippen molar-refractivity contribution in [2.45, 2.75) is 58.5 Å². The van der Waals surface area contributed by atoms with Gasteiger partial charge in [-0.3, -0.25) is 14.5 Å². The smallest absolute Gasteiger partial charge is 0.257 e. The molecule has 1 aromatic heterocycles. The van der Waals surface area contributed by atoms with Crippen molar-refractivity contribution in [1.29, 1.82) is 0 Å². The topological polar surface area (TPSA) is 95.4 Å². The van der Waals surface area contributed by atoms with Gasteiger partial charge in [0.1, 0.15) is 6.10 Å². The SMILES string of the molecule is Cc1ccc(-c2nc3c(nc2-c2ccc(C)cc2)N(CCCCCCC(=O)Nc2ccccc2)C(=O)C(O)C3)cc1. The normalized spacial score (nSPS) is 14.6. The summed E-state index contributed by atoms with van der Waals surface area (Å²) < 4.78 is 0. The molecule has 5 rings (SSSR count). The quantitative estimate of drug-likeness (QED) is 0.228. The highest BCUT2D eigenvalue weighted by Gasteiger charge is 2.34. The van der Waals surface area contributed by atoms with E-state index >= 15 is 0 Å². The van der Waals surface area contributed by atoms with Crippen LogP contribution >= 0.6 is 0 Å². The van der Waals surface area contributed by atoms with E-state index in [-0.39, 0.29) is 18.2 Å². The second-order valence-electron chi connectivity index (χ2n) is 10.7. The summed E-state index contributed by atoms with van der Waals surface area (Å²) in [7, 11) is 0. The van der Waals surface area contributed by atoms with Crippen LogP contribution in [0.4, 0.5) is 11.5 Å². The molecule has 210 valence electrons. The zero-order valence-corrected chi connectivity index (χ0v) is 23.6. The molecule has 1 aliphatic heterocycles. The van der Waals surface area contributed by atoms with Crippen LogP contribution in [0.5, 0.6) is 0 Å². The van der Waals surface area contributed by atoms with Crippen LogP contribution in [0.2, 0.25) is 0 Å². The maximum absolute atomic E-state index is 13.1. The number of carbonyl (C=O) groups is 2. The Morgan fingerprint density at radius 2 is 1.41 bits per heavy atom. The lowest BCUT2D eigenvalue weighted by molar-refractivity contribution is -0.127. The first-order valence-corrected chi connectivity index (χ1v) is 14.3. The number of nitrogens with one attached hydrogen (secondary N) is 1. The first kappa shape index (κ1) is 28.2. The number of unbranched alkanes of at least 4 members (excludes halogenated alkanes) is 3. The molecule has 2 amide bonds. The van der Waals surface area contributed by atoms with Gasteiger partial charge in [-0.2, -0.15) is 0 Å². The fourth-order valence-corrected chi connectivity index (χ4v) is 5.06. The Bertz CT molecular complexity index is 1500. The maximum Gasteiger partial charge on any atom is 0.257 e. The van der Waals surface area contributed by atoms with Gasteiger partial charge in [0.2, 0.25) is 5.91 Å². The van der Waals surface area contributed by atoms with Crippen molar-refractivity contribution in [2.75, 3.05) is 16.8 Å². The molecule has 2 heterocycles. The van der Waals surface area contributed by atoms with Crippen LogP contribution in [-0.2, 0) is 16.0 Å². The third kappa shape index (κ3) is 6.87. The van der Waals surface area contributed by atoms with Crippen LogP contribution in [0, 0.1) is 13.8 Å². The lowest BCUT2D eigenvalue weighted by Crippen LogP contribution is -2.46. The Hall–Kier alpha value is -4.36. The molecule has 3 aromatic carbocycles. The van der Waals surface area contributed by atoms with E-state index in [0.717, 1.165) is 59.3 Å². The van der Waals surface area contributed by atoms with Crippen LogP contribution in [0.1, 0.15) is 48.9 Å². The van der Waals surface area contributed by atoms with Crippen molar-refractivity contribution in [1.82, 2.24) is 9.97 Å². The Kier molecular flexibility index (Phi) is 8.85. The summed E-state index contributed by atoms with van der Waals surface area (Å²) in [5.41, 5.74) is 7.05. The van der Waals surface area contributed by atoms with E-state index in [4.69, 9.17) is 9.97 Å². The van der Waals surface area contributed by atoms with Crippen molar-refractivity contribution in [3.8, 4) is 22.5 Å². The second-order valence-corrected chi connectivity index (χ2v) is 10.7. The minimum absolute atomic E-state index is 0.00254. The third-order valence-electron chi connectivity index (χ3n) is 7.38. The van der Waals surface area contributed by atoms with Gasteiger partial charge in [-0.05, 0) is 38.8 Å². The molecule has 1 atom stereocenters. The number of benzene rings is 3. The van der Waals surface area contributed by atoms with Gasteiger partial charge < -0.3 is 10.4 Å². The molecule has 7 nitrogen and oxygen atoms in total. The zero-order chi connectivity index (χ0) is 28.8. The van der Waals surface area contributed by atoms with Gasteiger partial charge in [-0.25, -0.2) is 9.97 Å². The van der Waals surface area contributed by atoms with E-state index in [2.05, 4.69) is 5.32 Å². The average molecular weight is 549 g/mol. The number of carbonyl (C=O) groups excluding carboxylic acids is 2. The number of aryl methyl sites for hydroxylation is 2. The second kappa shape index (κ2) is 12.9. The summed E-state index contributed by atoms with van der Waals surface area (Å²) in [6.45, 7) is 4.52. The first-order valence-electron chi connectivity index (χ1n) is 14.3. The number of aromatic nitrogens is 2. The average Bonchev–Trinajstić information content (AvgIpc) is 2.97. The predicted molar refractivity (Wildman–Crippen MR) is 163 cm³/mol. The van der Waals surface area contributed by atoms with E-state index in [1.165, 1.54) is 0 Å². The highest BCUT2D eigenvalue weighted by atomic mass is 16.3. The minimum atomic E-state index is -1.14. The number of para-hydroxylation sites is 1.